The summed E-state index contributed by atoms with van der Waals surface area (Å²) in [6, 6.07) is 18.2. The van der Waals surface area contributed by atoms with E-state index in [1.54, 1.807) is 24.9 Å². The minimum absolute atomic E-state index is 0.797. The summed E-state index contributed by atoms with van der Waals surface area (Å²) in [4.78, 5) is 12.4. The summed E-state index contributed by atoms with van der Waals surface area (Å²) in [6.45, 7) is 0. The molecule has 0 fully saturated rings. The number of nitrogens with one attached hydrogen (secondary N) is 2. The molecule has 0 unspecified atom stereocenters. The topological polar surface area (TPSA) is 83.4 Å². The molecule has 0 saturated heterocycles. The van der Waals surface area contributed by atoms with Gasteiger partial charge in [-0.25, -0.2) is 4.98 Å². The Morgan fingerprint density at radius 1 is 0.862 bits per heavy atom. The van der Waals surface area contributed by atoms with Crippen LogP contribution in [0, 0.1) is 0 Å². The average molecular weight is 377 g/mol. The molecular formula is C23H15N5O. The number of furan rings is 1. The molecule has 0 aliphatic carbocycles. The molecule has 0 amide bonds. The highest BCUT2D eigenvalue weighted by atomic mass is 16.3. The molecule has 6 heteroatoms. The largest absolute Gasteiger partial charge is 0.472 e. The van der Waals surface area contributed by atoms with Crippen molar-refractivity contribution >= 4 is 21.9 Å². The number of H-pyrrole nitrogens is 2. The minimum Gasteiger partial charge on any atom is -0.472 e. The summed E-state index contributed by atoms with van der Waals surface area (Å²) < 4.78 is 5.27. The van der Waals surface area contributed by atoms with Gasteiger partial charge in [0.2, 0.25) is 0 Å². The van der Waals surface area contributed by atoms with E-state index in [0.29, 0.717) is 0 Å². The number of hydrogen-bond acceptors (Lipinski definition) is 4. The Balaban J connectivity index is 1.53. The third kappa shape index (κ3) is 2.54. The monoisotopic (exact) mass is 377 g/mol. The van der Waals surface area contributed by atoms with Crippen molar-refractivity contribution in [2.75, 3.05) is 0 Å². The molecule has 0 atom stereocenters. The van der Waals surface area contributed by atoms with Crippen LogP contribution in [0.5, 0.6) is 0 Å². The lowest BCUT2D eigenvalue weighted by molar-refractivity contribution is 0.568. The number of rotatable bonds is 3. The first kappa shape index (κ1) is 15.8. The molecule has 0 bridgehead atoms. The zero-order chi connectivity index (χ0) is 19.2. The first-order valence-corrected chi connectivity index (χ1v) is 9.27. The summed E-state index contributed by atoms with van der Waals surface area (Å²) in [7, 11) is 0. The maximum atomic E-state index is 5.27. The minimum atomic E-state index is 0.797. The smallest absolute Gasteiger partial charge is 0.135 e. The van der Waals surface area contributed by atoms with Crippen LogP contribution in [0.25, 0.3) is 55.7 Å². The van der Waals surface area contributed by atoms with Crippen LogP contribution in [-0.2, 0) is 0 Å². The number of pyridine rings is 2. The van der Waals surface area contributed by atoms with Crippen LogP contribution in [0.2, 0.25) is 0 Å². The van der Waals surface area contributed by atoms with E-state index >= 15 is 0 Å². The molecule has 2 N–H and O–H groups in total. The van der Waals surface area contributed by atoms with E-state index in [2.05, 4.69) is 38.4 Å². The van der Waals surface area contributed by atoms with E-state index in [-0.39, 0.29) is 0 Å². The molecular weight excluding hydrogens is 362 g/mol. The molecule has 0 radical (unpaired) electrons. The maximum Gasteiger partial charge on any atom is 0.135 e. The summed E-state index contributed by atoms with van der Waals surface area (Å²) in [6.07, 6.45) is 6.99. The number of hydrogen-bond donors (Lipinski definition) is 2. The second kappa shape index (κ2) is 6.17. The molecule has 5 aromatic heterocycles. The fourth-order valence-corrected chi connectivity index (χ4v) is 3.72. The molecule has 5 heterocycles. The van der Waals surface area contributed by atoms with E-state index in [9.17, 15) is 0 Å². The van der Waals surface area contributed by atoms with Crippen LogP contribution in [-0.4, -0.2) is 25.1 Å². The third-order valence-corrected chi connectivity index (χ3v) is 5.14. The highest BCUT2D eigenvalue weighted by molar-refractivity contribution is 6.00. The molecule has 138 valence electrons. The van der Waals surface area contributed by atoms with Crippen molar-refractivity contribution in [3.63, 3.8) is 0 Å². The van der Waals surface area contributed by atoms with Crippen molar-refractivity contribution in [3.05, 3.63) is 79.5 Å². The van der Waals surface area contributed by atoms with Crippen LogP contribution < -0.4 is 0 Å². The number of aromatic nitrogens is 5. The molecule has 1 aromatic carbocycles. The van der Waals surface area contributed by atoms with Crippen LogP contribution in [0.1, 0.15) is 0 Å². The molecule has 0 aliphatic heterocycles. The van der Waals surface area contributed by atoms with Crippen LogP contribution in [0.4, 0.5) is 0 Å². The van der Waals surface area contributed by atoms with E-state index in [1.807, 2.05) is 36.4 Å². The van der Waals surface area contributed by atoms with Crippen molar-refractivity contribution < 1.29 is 4.42 Å². The van der Waals surface area contributed by atoms with Gasteiger partial charge in [-0.05, 0) is 48.0 Å². The first-order valence-electron chi connectivity index (χ1n) is 9.27. The number of fused-ring (bicyclic) bond motifs is 2. The molecule has 0 saturated carbocycles. The van der Waals surface area contributed by atoms with Crippen molar-refractivity contribution in [2.24, 2.45) is 0 Å². The van der Waals surface area contributed by atoms with Gasteiger partial charge in [-0.15, -0.1) is 0 Å². The Bertz CT molecular complexity index is 1450. The molecule has 0 spiro atoms. The third-order valence-electron chi connectivity index (χ3n) is 5.14. The van der Waals surface area contributed by atoms with Crippen LogP contribution in [0.3, 0.4) is 0 Å². The van der Waals surface area contributed by atoms with E-state index in [0.717, 1.165) is 55.7 Å². The second-order valence-electron chi connectivity index (χ2n) is 6.86. The quantitative estimate of drug-likeness (QED) is 0.431. The summed E-state index contributed by atoms with van der Waals surface area (Å²) in [5.41, 5.74) is 8.55. The van der Waals surface area contributed by atoms with E-state index < -0.39 is 0 Å². The maximum absolute atomic E-state index is 5.27. The SMILES string of the molecule is c1cc(-c2ccoc2)c2cc(-c3n[nH]c4ccc(-c5ccncc5)nc34)[nH]c2c1. The summed E-state index contributed by atoms with van der Waals surface area (Å²) >= 11 is 0. The van der Waals surface area contributed by atoms with Crippen LogP contribution >= 0.6 is 0 Å². The van der Waals surface area contributed by atoms with Crippen molar-refractivity contribution in [2.45, 2.75) is 0 Å². The fourth-order valence-electron chi connectivity index (χ4n) is 3.72. The van der Waals surface area contributed by atoms with Crippen molar-refractivity contribution in [1.29, 1.82) is 0 Å². The van der Waals surface area contributed by atoms with E-state index in [1.165, 1.54) is 0 Å². The predicted molar refractivity (Wildman–Crippen MR) is 112 cm³/mol. The lowest BCUT2D eigenvalue weighted by atomic mass is 10.0. The van der Waals surface area contributed by atoms with Gasteiger partial charge in [0, 0.05) is 34.4 Å². The van der Waals surface area contributed by atoms with Gasteiger partial charge in [0.1, 0.15) is 11.2 Å². The van der Waals surface area contributed by atoms with Gasteiger partial charge in [-0.1, -0.05) is 12.1 Å². The lowest BCUT2D eigenvalue weighted by Crippen LogP contribution is -1.86. The van der Waals surface area contributed by atoms with Crippen molar-refractivity contribution in [1.82, 2.24) is 25.1 Å². The lowest BCUT2D eigenvalue weighted by Gasteiger charge is -2.00. The first-order chi connectivity index (χ1) is 14.4. The normalized spacial score (nSPS) is 11.4. The van der Waals surface area contributed by atoms with E-state index in [4.69, 9.17) is 9.40 Å². The molecule has 29 heavy (non-hydrogen) atoms. The highest BCUT2D eigenvalue weighted by Gasteiger charge is 2.15. The molecule has 6 nitrogen and oxygen atoms in total. The summed E-state index contributed by atoms with van der Waals surface area (Å²) in [5.74, 6) is 0. The second-order valence-corrected chi connectivity index (χ2v) is 6.86. The number of benzene rings is 1. The van der Waals surface area contributed by atoms with Gasteiger partial charge < -0.3 is 9.40 Å². The van der Waals surface area contributed by atoms with Gasteiger partial charge in [-0.2, -0.15) is 5.10 Å². The van der Waals surface area contributed by atoms with Crippen LogP contribution in [0.15, 0.2) is 83.9 Å². The fraction of sp³-hybridized carbons (Fsp3) is 0. The Labute approximate surface area is 165 Å². The Kier molecular flexibility index (Phi) is 3.37. The zero-order valence-electron chi connectivity index (χ0n) is 15.3. The van der Waals surface area contributed by atoms with Gasteiger partial charge in [0.05, 0.1) is 29.4 Å². The molecule has 6 rings (SSSR count). The zero-order valence-corrected chi connectivity index (χ0v) is 15.3. The number of nitrogens with zero attached hydrogens (tertiary/aromatic N) is 3. The van der Waals surface area contributed by atoms with Gasteiger partial charge in [0.15, 0.2) is 0 Å². The predicted octanol–water partition coefficient (Wildman–Crippen LogP) is 5.43. The highest BCUT2D eigenvalue weighted by Crippen LogP contribution is 2.34. The number of aromatic amines is 2. The van der Waals surface area contributed by atoms with Gasteiger partial charge in [0.25, 0.3) is 0 Å². The standard InChI is InChI=1S/C23H15N5O/c1-2-16(15-8-11-29-13-15)17-12-21(25-19(17)3-1)23-22-20(27-28-23)5-4-18(26-22)14-6-9-24-10-7-14/h1-13,25H,(H,27,28). The molecule has 0 aliphatic rings. The van der Waals surface area contributed by atoms with Gasteiger partial charge >= 0.3 is 0 Å². The Morgan fingerprint density at radius 2 is 1.79 bits per heavy atom. The average Bonchev–Trinajstić information content (AvgIpc) is 3.52. The molecule has 6 aromatic rings. The Hall–Kier alpha value is -4.19. The van der Waals surface area contributed by atoms with Gasteiger partial charge in [-0.3, -0.25) is 10.1 Å². The summed E-state index contributed by atoms with van der Waals surface area (Å²) in [5, 5.41) is 8.75. The van der Waals surface area contributed by atoms with Crippen molar-refractivity contribution in [3.8, 4) is 33.8 Å². The Morgan fingerprint density at radius 3 is 2.66 bits per heavy atom.